The van der Waals surface area contributed by atoms with Crippen molar-refractivity contribution in [2.45, 2.75) is 6.42 Å². The minimum Gasteiger partial charge on any atom is -0.417 e. The monoisotopic (exact) mass is 451 g/mol. The number of nitrogens with zero attached hydrogens (tertiary/aromatic N) is 4. The fraction of sp³-hybridized carbons (Fsp3) is 0.0800. The predicted molar refractivity (Wildman–Crippen MR) is 131 cm³/mol. The van der Waals surface area contributed by atoms with Crippen molar-refractivity contribution >= 4 is 34.5 Å². The van der Waals surface area contributed by atoms with E-state index in [4.69, 9.17) is 4.42 Å². The molecule has 9 heteroatoms. The molecule has 2 aromatic carbocycles. The predicted octanol–water partition coefficient (Wildman–Crippen LogP) is 4.98. The summed E-state index contributed by atoms with van der Waals surface area (Å²) in [6.45, 7) is 0.647. The second kappa shape index (κ2) is 9.78. The molecule has 2 amide bonds. The first-order chi connectivity index (χ1) is 16.7. The van der Waals surface area contributed by atoms with E-state index in [1.54, 1.807) is 24.5 Å². The number of urea groups is 1. The zero-order valence-electron chi connectivity index (χ0n) is 18.1. The van der Waals surface area contributed by atoms with Gasteiger partial charge in [0.1, 0.15) is 6.33 Å². The van der Waals surface area contributed by atoms with E-state index >= 15 is 0 Å². The summed E-state index contributed by atoms with van der Waals surface area (Å²) in [5.41, 5.74) is 4.36. The molecular weight excluding hydrogens is 430 g/mol. The minimum absolute atomic E-state index is 0.322. The Morgan fingerprint density at radius 3 is 2.50 bits per heavy atom. The zero-order chi connectivity index (χ0) is 23.2. The Bertz CT molecular complexity index is 1390. The molecule has 9 nitrogen and oxygen atoms in total. The standard InChI is InChI=1S/C25H21N7O2/c33-25(31-20-7-4-13-26-15-20)30-19-10-8-17(9-11-19)12-14-27-22-21-24(29-16-28-22)34-23(32-21)18-5-2-1-3-6-18/h1-11,13,15-16H,12,14H2,(H,27,28,29)(H2,30,31,33). The molecule has 0 atom stereocenters. The molecule has 0 aliphatic rings. The number of anilines is 3. The third-order valence-corrected chi connectivity index (χ3v) is 5.05. The fourth-order valence-corrected chi connectivity index (χ4v) is 3.40. The van der Waals surface area contributed by atoms with Gasteiger partial charge in [0.05, 0.1) is 11.9 Å². The van der Waals surface area contributed by atoms with Crippen LogP contribution in [0.3, 0.4) is 0 Å². The van der Waals surface area contributed by atoms with Gasteiger partial charge in [-0.05, 0) is 48.4 Å². The van der Waals surface area contributed by atoms with Gasteiger partial charge in [0.25, 0.3) is 5.71 Å². The van der Waals surface area contributed by atoms with Gasteiger partial charge in [-0.15, -0.1) is 0 Å². The van der Waals surface area contributed by atoms with E-state index in [9.17, 15) is 4.79 Å². The topological polar surface area (TPSA) is 118 Å². The van der Waals surface area contributed by atoms with Gasteiger partial charge in [-0.1, -0.05) is 30.3 Å². The molecule has 34 heavy (non-hydrogen) atoms. The van der Waals surface area contributed by atoms with Gasteiger partial charge >= 0.3 is 6.03 Å². The number of amides is 2. The van der Waals surface area contributed by atoms with Crippen LogP contribution in [0.2, 0.25) is 0 Å². The molecule has 168 valence electrons. The molecular formula is C25H21N7O2. The highest BCUT2D eigenvalue weighted by Crippen LogP contribution is 2.26. The summed E-state index contributed by atoms with van der Waals surface area (Å²) in [7, 11) is 0. The Labute approximate surface area is 195 Å². The molecule has 0 spiro atoms. The van der Waals surface area contributed by atoms with Crippen LogP contribution in [-0.4, -0.2) is 32.5 Å². The maximum absolute atomic E-state index is 12.1. The van der Waals surface area contributed by atoms with Crippen LogP contribution in [0.15, 0.2) is 89.9 Å². The molecule has 0 aliphatic carbocycles. The highest BCUT2D eigenvalue weighted by Gasteiger charge is 2.13. The smallest absolute Gasteiger partial charge is 0.323 e. The van der Waals surface area contributed by atoms with E-state index in [0.29, 0.717) is 40.9 Å². The molecule has 3 aromatic heterocycles. The number of hydrogen-bond acceptors (Lipinski definition) is 7. The molecule has 0 saturated carbocycles. The zero-order valence-corrected chi connectivity index (χ0v) is 18.1. The summed E-state index contributed by atoms with van der Waals surface area (Å²) < 4.78 is 5.80. The summed E-state index contributed by atoms with van der Waals surface area (Å²) in [4.78, 5) is 29.2. The quantitative estimate of drug-likeness (QED) is 0.319. The highest BCUT2D eigenvalue weighted by molar-refractivity contribution is 5.99. The van der Waals surface area contributed by atoms with Crippen LogP contribution >= 0.6 is 0 Å². The number of fused-ring (bicyclic) bond motifs is 1. The Kier molecular flexibility index (Phi) is 6.06. The first-order valence-electron chi connectivity index (χ1n) is 10.7. The van der Waals surface area contributed by atoms with Gasteiger partial charge in [0.15, 0.2) is 11.3 Å². The first-order valence-corrected chi connectivity index (χ1v) is 10.7. The maximum atomic E-state index is 12.1. The van der Waals surface area contributed by atoms with Gasteiger partial charge in [-0.2, -0.15) is 4.98 Å². The molecule has 0 aliphatic heterocycles. The Morgan fingerprint density at radius 2 is 1.71 bits per heavy atom. The average Bonchev–Trinajstić information content (AvgIpc) is 3.32. The lowest BCUT2D eigenvalue weighted by molar-refractivity contribution is 0.262. The van der Waals surface area contributed by atoms with Crippen molar-refractivity contribution in [1.29, 1.82) is 0 Å². The number of hydrogen-bond donors (Lipinski definition) is 3. The van der Waals surface area contributed by atoms with Crippen LogP contribution in [0.1, 0.15) is 5.56 Å². The lowest BCUT2D eigenvalue weighted by Gasteiger charge is -2.09. The number of benzene rings is 2. The molecule has 0 unspecified atom stereocenters. The van der Waals surface area contributed by atoms with Gasteiger partial charge in [-0.3, -0.25) is 4.98 Å². The van der Waals surface area contributed by atoms with Crippen molar-refractivity contribution in [2.24, 2.45) is 0 Å². The average molecular weight is 451 g/mol. The molecule has 5 rings (SSSR count). The van der Waals surface area contributed by atoms with Crippen molar-refractivity contribution in [1.82, 2.24) is 19.9 Å². The van der Waals surface area contributed by atoms with E-state index < -0.39 is 0 Å². The van der Waals surface area contributed by atoms with E-state index in [1.807, 2.05) is 54.6 Å². The molecule has 3 heterocycles. The van der Waals surface area contributed by atoms with Crippen LogP contribution in [0, 0.1) is 0 Å². The number of pyridine rings is 1. The third-order valence-electron chi connectivity index (χ3n) is 5.05. The van der Waals surface area contributed by atoms with E-state index in [-0.39, 0.29) is 6.03 Å². The Balaban J connectivity index is 1.17. The normalized spacial score (nSPS) is 10.7. The van der Waals surface area contributed by atoms with E-state index in [2.05, 4.69) is 35.9 Å². The van der Waals surface area contributed by atoms with E-state index in [0.717, 1.165) is 17.5 Å². The van der Waals surface area contributed by atoms with Crippen LogP contribution in [0.4, 0.5) is 22.0 Å². The largest absolute Gasteiger partial charge is 0.417 e. The SMILES string of the molecule is O=C(Nc1ccc(CCNc2ncnc3oc(-c4ccccc4)nc23)cc1)Nc1cccnc1. The van der Waals surface area contributed by atoms with Crippen molar-refractivity contribution in [2.75, 3.05) is 22.5 Å². The van der Waals surface area contributed by atoms with Gasteiger partial charge in [0.2, 0.25) is 5.89 Å². The molecule has 0 fully saturated rings. The lowest BCUT2D eigenvalue weighted by atomic mass is 10.1. The van der Waals surface area contributed by atoms with E-state index in [1.165, 1.54) is 6.33 Å². The number of oxazole rings is 1. The summed E-state index contributed by atoms with van der Waals surface area (Å²) >= 11 is 0. The number of nitrogens with one attached hydrogen (secondary N) is 3. The Hall–Kier alpha value is -4.79. The molecule has 0 saturated heterocycles. The second-order valence-electron chi connectivity index (χ2n) is 7.46. The molecule has 5 aromatic rings. The van der Waals surface area contributed by atoms with Crippen LogP contribution < -0.4 is 16.0 Å². The van der Waals surface area contributed by atoms with Gasteiger partial charge in [0, 0.05) is 24.0 Å². The van der Waals surface area contributed by atoms with Crippen molar-refractivity contribution in [3.63, 3.8) is 0 Å². The number of aromatic nitrogens is 4. The third kappa shape index (κ3) is 4.99. The number of carbonyl (C=O) groups excluding carboxylic acids is 1. The summed E-state index contributed by atoms with van der Waals surface area (Å²) in [5.74, 6) is 1.14. The lowest BCUT2D eigenvalue weighted by Crippen LogP contribution is -2.19. The fourth-order valence-electron chi connectivity index (χ4n) is 3.40. The van der Waals surface area contributed by atoms with Crippen molar-refractivity contribution in [3.8, 4) is 11.5 Å². The molecule has 0 radical (unpaired) electrons. The van der Waals surface area contributed by atoms with Crippen molar-refractivity contribution in [3.05, 3.63) is 91.0 Å². The first kappa shape index (κ1) is 21.1. The summed E-state index contributed by atoms with van der Waals surface area (Å²) in [6.07, 6.45) is 5.46. The van der Waals surface area contributed by atoms with Gasteiger partial charge in [-0.25, -0.2) is 14.8 Å². The molecule has 3 N–H and O–H groups in total. The van der Waals surface area contributed by atoms with Gasteiger partial charge < -0.3 is 20.4 Å². The number of carbonyl (C=O) groups is 1. The summed E-state index contributed by atoms with van der Waals surface area (Å²) in [5, 5.41) is 8.86. The van der Waals surface area contributed by atoms with Crippen LogP contribution in [0.5, 0.6) is 0 Å². The second-order valence-corrected chi connectivity index (χ2v) is 7.46. The summed E-state index contributed by atoms with van der Waals surface area (Å²) in [6, 6.07) is 20.6. The van der Waals surface area contributed by atoms with Crippen LogP contribution in [0.25, 0.3) is 22.7 Å². The van der Waals surface area contributed by atoms with Crippen molar-refractivity contribution < 1.29 is 9.21 Å². The number of rotatable bonds is 7. The Morgan fingerprint density at radius 1 is 0.882 bits per heavy atom. The molecule has 0 bridgehead atoms. The minimum atomic E-state index is -0.322. The highest BCUT2D eigenvalue weighted by atomic mass is 16.4. The maximum Gasteiger partial charge on any atom is 0.323 e. The van der Waals surface area contributed by atoms with Crippen LogP contribution in [-0.2, 0) is 6.42 Å².